The van der Waals surface area contributed by atoms with E-state index in [0.717, 1.165) is 29.0 Å². The molecular formula is C14H24BrN3O. The molecule has 0 radical (unpaired) electrons. The summed E-state index contributed by atoms with van der Waals surface area (Å²) in [6.45, 7) is 8.50. The average Bonchev–Trinajstić information content (AvgIpc) is 2.38. The largest absolute Gasteiger partial charge is 0.348 e. The Hall–Kier alpha value is -0.680. The molecule has 0 atom stereocenters. The van der Waals surface area contributed by atoms with Crippen LogP contribution in [0.5, 0.6) is 0 Å². The van der Waals surface area contributed by atoms with Gasteiger partial charge >= 0.3 is 5.69 Å². The quantitative estimate of drug-likeness (QED) is 0.746. The van der Waals surface area contributed by atoms with Crippen molar-refractivity contribution in [3.63, 3.8) is 0 Å². The topological polar surface area (TPSA) is 46.9 Å². The van der Waals surface area contributed by atoms with Crippen molar-refractivity contribution >= 4 is 15.9 Å². The van der Waals surface area contributed by atoms with E-state index in [1.807, 2.05) is 13.8 Å². The fraction of sp³-hybridized carbons (Fsp3) is 0.714. The maximum Gasteiger partial charge on any atom is 0.348 e. The average molecular weight is 330 g/mol. The summed E-state index contributed by atoms with van der Waals surface area (Å²) in [5.41, 5.74) is 1.54. The minimum absolute atomic E-state index is 0.161. The van der Waals surface area contributed by atoms with Gasteiger partial charge < -0.3 is 5.32 Å². The van der Waals surface area contributed by atoms with Gasteiger partial charge in [0.15, 0.2) is 0 Å². The summed E-state index contributed by atoms with van der Waals surface area (Å²) >= 11 is 3.47. The number of aryl methyl sites for hydroxylation is 1. The Labute approximate surface area is 123 Å². The lowest BCUT2D eigenvalue weighted by atomic mass is 10.2. The van der Waals surface area contributed by atoms with Gasteiger partial charge in [-0.3, -0.25) is 4.57 Å². The van der Waals surface area contributed by atoms with Crippen molar-refractivity contribution in [3.05, 3.63) is 26.3 Å². The van der Waals surface area contributed by atoms with E-state index in [0.29, 0.717) is 6.54 Å². The third kappa shape index (κ3) is 5.07. The second-order valence-electron chi connectivity index (χ2n) is 4.84. The molecule has 0 spiro atoms. The van der Waals surface area contributed by atoms with Gasteiger partial charge in [-0.1, -0.05) is 26.2 Å². The van der Waals surface area contributed by atoms with Gasteiger partial charge in [-0.2, -0.15) is 4.98 Å². The smallest absolute Gasteiger partial charge is 0.315 e. The minimum atomic E-state index is -0.161. The Morgan fingerprint density at radius 3 is 2.63 bits per heavy atom. The summed E-state index contributed by atoms with van der Waals surface area (Å²) < 4.78 is 2.64. The highest BCUT2D eigenvalue weighted by Crippen LogP contribution is 2.16. The molecule has 0 saturated heterocycles. The summed E-state index contributed by atoms with van der Waals surface area (Å²) in [7, 11) is 0. The highest BCUT2D eigenvalue weighted by Gasteiger charge is 2.08. The van der Waals surface area contributed by atoms with Gasteiger partial charge in [-0.05, 0) is 42.7 Å². The summed E-state index contributed by atoms with van der Waals surface area (Å²) in [6, 6.07) is 0. The van der Waals surface area contributed by atoms with Crippen molar-refractivity contribution in [2.75, 3.05) is 13.1 Å². The molecule has 0 fully saturated rings. The van der Waals surface area contributed by atoms with E-state index in [1.54, 1.807) is 4.57 Å². The van der Waals surface area contributed by atoms with Gasteiger partial charge in [0.2, 0.25) is 0 Å². The lowest BCUT2D eigenvalue weighted by Crippen LogP contribution is -2.31. The van der Waals surface area contributed by atoms with Crippen LogP contribution in [0.4, 0.5) is 0 Å². The van der Waals surface area contributed by atoms with Crippen molar-refractivity contribution < 1.29 is 0 Å². The SMILES string of the molecule is CCCCCCNCCn1c(C)c(Br)c(C)nc1=O. The molecule has 0 aliphatic heterocycles. The first-order valence-electron chi connectivity index (χ1n) is 7.02. The predicted molar refractivity (Wildman–Crippen MR) is 82.7 cm³/mol. The van der Waals surface area contributed by atoms with Crippen molar-refractivity contribution in [2.45, 2.75) is 53.0 Å². The number of hydrogen-bond donors (Lipinski definition) is 1. The van der Waals surface area contributed by atoms with Crippen LogP contribution in [-0.2, 0) is 6.54 Å². The summed E-state index contributed by atoms with van der Waals surface area (Å²) in [4.78, 5) is 15.8. The molecular weight excluding hydrogens is 306 g/mol. The number of aromatic nitrogens is 2. The Morgan fingerprint density at radius 2 is 1.95 bits per heavy atom. The molecule has 0 unspecified atom stereocenters. The highest BCUT2D eigenvalue weighted by molar-refractivity contribution is 9.10. The fourth-order valence-corrected chi connectivity index (χ4v) is 2.34. The van der Waals surface area contributed by atoms with Gasteiger partial charge in [0.1, 0.15) is 0 Å². The lowest BCUT2D eigenvalue weighted by Gasteiger charge is -2.12. The van der Waals surface area contributed by atoms with E-state index in [-0.39, 0.29) is 5.69 Å². The lowest BCUT2D eigenvalue weighted by molar-refractivity contribution is 0.540. The minimum Gasteiger partial charge on any atom is -0.315 e. The van der Waals surface area contributed by atoms with Gasteiger partial charge in [-0.25, -0.2) is 4.79 Å². The third-order valence-electron chi connectivity index (χ3n) is 3.25. The van der Waals surface area contributed by atoms with Crippen LogP contribution in [0.3, 0.4) is 0 Å². The van der Waals surface area contributed by atoms with Crippen molar-refractivity contribution in [2.24, 2.45) is 0 Å². The van der Waals surface area contributed by atoms with Crippen LogP contribution in [0.2, 0.25) is 0 Å². The second kappa shape index (κ2) is 8.48. The number of hydrogen-bond acceptors (Lipinski definition) is 3. The van der Waals surface area contributed by atoms with E-state index in [1.165, 1.54) is 25.7 Å². The van der Waals surface area contributed by atoms with Gasteiger partial charge in [-0.15, -0.1) is 0 Å². The molecule has 1 rings (SSSR count). The molecule has 0 aromatic carbocycles. The van der Waals surface area contributed by atoms with Crippen LogP contribution < -0.4 is 11.0 Å². The second-order valence-corrected chi connectivity index (χ2v) is 5.63. The standard InChI is InChI=1S/C14H24BrN3O/c1-4-5-6-7-8-16-9-10-18-12(3)13(15)11(2)17-14(18)19/h16H,4-10H2,1-3H3. The van der Waals surface area contributed by atoms with E-state index in [2.05, 4.69) is 33.2 Å². The van der Waals surface area contributed by atoms with Crippen LogP contribution in [0, 0.1) is 13.8 Å². The molecule has 1 aromatic heterocycles. The van der Waals surface area contributed by atoms with E-state index in [9.17, 15) is 4.79 Å². The summed E-state index contributed by atoms with van der Waals surface area (Å²) in [5.74, 6) is 0. The molecule has 1 N–H and O–H groups in total. The fourth-order valence-electron chi connectivity index (χ4n) is 2.03. The molecule has 0 saturated carbocycles. The molecule has 5 heteroatoms. The molecule has 4 nitrogen and oxygen atoms in total. The molecule has 1 aromatic rings. The first-order chi connectivity index (χ1) is 9.07. The number of nitrogens with one attached hydrogen (secondary N) is 1. The predicted octanol–water partition coefficient (Wildman–Crippen LogP) is 2.79. The van der Waals surface area contributed by atoms with Gasteiger partial charge in [0.05, 0.1) is 10.2 Å². The molecule has 0 aliphatic rings. The molecule has 1 heterocycles. The Bertz CT molecular complexity index is 457. The zero-order chi connectivity index (χ0) is 14.3. The zero-order valence-electron chi connectivity index (χ0n) is 12.1. The monoisotopic (exact) mass is 329 g/mol. The van der Waals surface area contributed by atoms with Crippen molar-refractivity contribution in [1.29, 1.82) is 0 Å². The number of unbranched alkanes of at least 4 members (excludes halogenated alkanes) is 3. The van der Waals surface area contributed by atoms with Crippen LogP contribution >= 0.6 is 15.9 Å². The Morgan fingerprint density at radius 1 is 1.21 bits per heavy atom. The van der Waals surface area contributed by atoms with Crippen LogP contribution in [-0.4, -0.2) is 22.6 Å². The normalized spacial score (nSPS) is 10.9. The van der Waals surface area contributed by atoms with Crippen molar-refractivity contribution in [1.82, 2.24) is 14.9 Å². The summed E-state index contributed by atoms with van der Waals surface area (Å²) in [6.07, 6.45) is 5.05. The van der Waals surface area contributed by atoms with E-state index in [4.69, 9.17) is 0 Å². The molecule has 0 bridgehead atoms. The van der Waals surface area contributed by atoms with Gasteiger partial charge in [0, 0.05) is 18.8 Å². The van der Waals surface area contributed by atoms with Gasteiger partial charge in [0.25, 0.3) is 0 Å². The maximum absolute atomic E-state index is 11.8. The highest BCUT2D eigenvalue weighted by atomic mass is 79.9. The number of rotatable bonds is 8. The van der Waals surface area contributed by atoms with E-state index >= 15 is 0 Å². The van der Waals surface area contributed by atoms with Crippen LogP contribution in [0.25, 0.3) is 0 Å². The Balaban J connectivity index is 2.42. The van der Waals surface area contributed by atoms with Crippen LogP contribution in [0.15, 0.2) is 9.27 Å². The molecule has 0 amide bonds. The third-order valence-corrected chi connectivity index (χ3v) is 4.40. The van der Waals surface area contributed by atoms with E-state index < -0.39 is 0 Å². The first kappa shape index (κ1) is 16.4. The molecule has 108 valence electrons. The zero-order valence-corrected chi connectivity index (χ0v) is 13.7. The first-order valence-corrected chi connectivity index (χ1v) is 7.81. The van der Waals surface area contributed by atoms with Crippen LogP contribution in [0.1, 0.15) is 44.0 Å². The number of nitrogens with zero attached hydrogens (tertiary/aromatic N) is 2. The Kier molecular flexibility index (Phi) is 7.31. The summed E-state index contributed by atoms with van der Waals surface area (Å²) in [5, 5.41) is 3.38. The molecule has 19 heavy (non-hydrogen) atoms. The maximum atomic E-state index is 11.8. The van der Waals surface area contributed by atoms with Crippen molar-refractivity contribution in [3.8, 4) is 0 Å². The number of halogens is 1. The molecule has 0 aliphatic carbocycles.